The molecule has 0 bridgehead atoms. The average molecular weight is 612 g/mol. The molecule has 0 aliphatic carbocycles. The number of nitrogens with zero attached hydrogens (tertiary/aromatic N) is 2. The van der Waals surface area contributed by atoms with Gasteiger partial charge >= 0.3 is 12.1 Å². The molecule has 1 aliphatic rings. The van der Waals surface area contributed by atoms with Crippen LogP contribution in [0.4, 0.5) is 21.0 Å². The second-order valence-electron chi connectivity index (χ2n) is 11.9. The molecule has 0 aromatic heterocycles. The van der Waals surface area contributed by atoms with Gasteiger partial charge in [0.15, 0.2) is 0 Å². The van der Waals surface area contributed by atoms with Crippen molar-refractivity contribution in [1.29, 1.82) is 0 Å². The smallest absolute Gasteiger partial charge is 0.321 e. The van der Waals surface area contributed by atoms with Gasteiger partial charge in [0.2, 0.25) is 0 Å². The number of hydrogen-bond donors (Lipinski definition) is 4. The number of urea groups is 2. The lowest BCUT2D eigenvalue weighted by molar-refractivity contribution is -0.0115. The lowest BCUT2D eigenvalue weighted by atomic mass is 10.0. The van der Waals surface area contributed by atoms with Crippen molar-refractivity contribution in [3.63, 3.8) is 0 Å². The SMILES string of the molecule is CC(C)NC(=O)Nc1ccc2c(c1)C(=O)N([C@@H](C)CO)C[C@@H](C)[C@H](CN(C)C(=O)Nc1ccccc1)OCCCC[C@@H](C)O2. The van der Waals surface area contributed by atoms with Gasteiger partial charge in [-0.3, -0.25) is 4.79 Å². The van der Waals surface area contributed by atoms with Gasteiger partial charge in [-0.15, -0.1) is 0 Å². The number of carbonyl (C=O) groups is 3. The van der Waals surface area contributed by atoms with E-state index >= 15 is 0 Å². The van der Waals surface area contributed by atoms with Gasteiger partial charge in [-0.2, -0.15) is 0 Å². The molecule has 1 aliphatic heterocycles. The molecular formula is C33H49N5O6. The van der Waals surface area contributed by atoms with Crippen molar-refractivity contribution in [3.8, 4) is 5.75 Å². The molecule has 4 N–H and O–H groups in total. The number of nitrogens with one attached hydrogen (secondary N) is 3. The molecule has 0 radical (unpaired) electrons. The van der Waals surface area contributed by atoms with Crippen LogP contribution in [-0.4, -0.2) is 90.5 Å². The molecule has 2 aromatic rings. The van der Waals surface area contributed by atoms with E-state index in [1.165, 1.54) is 0 Å². The summed E-state index contributed by atoms with van der Waals surface area (Å²) >= 11 is 0. The Balaban J connectivity index is 1.89. The predicted octanol–water partition coefficient (Wildman–Crippen LogP) is 5.18. The predicted molar refractivity (Wildman–Crippen MR) is 172 cm³/mol. The first-order chi connectivity index (χ1) is 21.0. The fourth-order valence-electron chi connectivity index (χ4n) is 4.99. The van der Waals surface area contributed by atoms with E-state index in [1.807, 2.05) is 58.0 Å². The normalized spacial score (nSPS) is 20.5. The Bertz CT molecular complexity index is 1230. The van der Waals surface area contributed by atoms with Crippen LogP contribution in [0.15, 0.2) is 48.5 Å². The third-order valence-electron chi connectivity index (χ3n) is 7.55. The van der Waals surface area contributed by atoms with Gasteiger partial charge < -0.3 is 40.3 Å². The lowest BCUT2D eigenvalue weighted by Crippen LogP contribution is -2.48. The molecular weight excluding hydrogens is 562 g/mol. The first kappa shape index (κ1) is 34.7. The molecule has 5 amide bonds. The van der Waals surface area contributed by atoms with E-state index in [9.17, 15) is 19.5 Å². The molecule has 11 heteroatoms. The molecule has 4 atom stereocenters. The van der Waals surface area contributed by atoms with E-state index in [1.54, 1.807) is 42.0 Å². The molecule has 3 rings (SSSR count). The minimum absolute atomic E-state index is 0.0564. The number of hydrogen-bond acceptors (Lipinski definition) is 6. The van der Waals surface area contributed by atoms with Crippen molar-refractivity contribution in [3.05, 3.63) is 54.1 Å². The highest BCUT2D eigenvalue weighted by Crippen LogP contribution is 2.28. The second-order valence-corrected chi connectivity index (χ2v) is 11.9. The Hall–Kier alpha value is -3.83. The maximum Gasteiger partial charge on any atom is 0.321 e. The first-order valence-electron chi connectivity index (χ1n) is 15.5. The maximum atomic E-state index is 14.2. The Labute approximate surface area is 261 Å². The third kappa shape index (κ3) is 10.4. The summed E-state index contributed by atoms with van der Waals surface area (Å²) in [6.45, 7) is 10.3. The van der Waals surface area contributed by atoms with E-state index in [2.05, 4.69) is 16.0 Å². The fraction of sp³-hybridized carbons (Fsp3) is 0.545. The highest BCUT2D eigenvalue weighted by Gasteiger charge is 2.31. The molecule has 44 heavy (non-hydrogen) atoms. The topological polar surface area (TPSA) is 132 Å². The van der Waals surface area contributed by atoms with Crippen LogP contribution in [0.2, 0.25) is 0 Å². The number of para-hydroxylation sites is 1. The summed E-state index contributed by atoms with van der Waals surface area (Å²) in [5.41, 5.74) is 1.44. The van der Waals surface area contributed by atoms with Gasteiger partial charge in [0.1, 0.15) is 5.75 Å². The monoisotopic (exact) mass is 611 g/mol. The fourth-order valence-corrected chi connectivity index (χ4v) is 4.99. The largest absolute Gasteiger partial charge is 0.490 e. The van der Waals surface area contributed by atoms with Crippen LogP contribution in [0, 0.1) is 5.92 Å². The standard InChI is InChI=1S/C33H49N5O6/c1-22(2)34-32(41)35-27-15-16-29-28(18-27)31(40)38(24(4)21-39)19-23(3)30(43-17-11-10-12-25(5)44-29)20-37(6)33(42)36-26-13-8-7-9-14-26/h7-9,13-16,18,22-25,30,39H,10-12,17,19-21H2,1-6H3,(H,36,42)(H2,34,35,41)/t23-,24+,25-,30+/m1/s1. The summed E-state index contributed by atoms with van der Waals surface area (Å²) in [6, 6.07) is 13.1. The zero-order valence-corrected chi connectivity index (χ0v) is 26.8. The van der Waals surface area contributed by atoms with Crippen LogP contribution in [0.1, 0.15) is 64.2 Å². The number of fused-ring (bicyclic) bond motifs is 1. The molecule has 1 heterocycles. The molecule has 0 saturated carbocycles. The van der Waals surface area contributed by atoms with Crippen LogP contribution in [0.25, 0.3) is 0 Å². The summed E-state index contributed by atoms with van der Waals surface area (Å²) in [6.07, 6.45) is 1.89. The number of amides is 5. The second kappa shape index (κ2) is 16.9. The molecule has 0 unspecified atom stereocenters. The zero-order chi connectivity index (χ0) is 32.2. The summed E-state index contributed by atoms with van der Waals surface area (Å²) < 4.78 is 12.6. The van der Waals surface area contributed by atoms with Crippen molar-refractivity contribution in [2.45, 2.75) is 78.2 Å². The highest BCUT2D eigenvalue weighted by molar-refractivity contribution is 5.99. The minimum atomic E-state index is -0.510. The highest BCUT2D eigenvalue weighted by atomic mass is 16.5. The van der Waals surface area contributed by atoms with Crippen molar-refractivity contribution >= 4 is 29.3 Å². The zero-order valence-electron chi connectivity index (χ0n) is 26.8. The summed E-state index contributed by atoms with van der Waals surface area (Å²) in [4.78, 5) is 42.8. The molecule has 11 nitrogen and oxygen atoms in total. The van der Waals surface area contributed by atoms with E-state index in [4.69, 9.17) is 9.47 Å². The van der Waals surface area contributed by atoms with Gasteiger partial charge in [0.25, 0.3) is 5.91 Å². The van der Waals surface area contributed by atoms with Crippen LogP contribution in [-0.2, 0) is 4.74 Å². The van der Waals surface area contributed by atoms with Crippen LogP contribution in [0.3, 0.4) is 0 Å². The Morgan fingerprint density at radius 1 is 1.05 bits per heavy atom. The van der Waals surface area contributed by atoms with Crippen LogP contribution >= 0.6 is 0 Å². The third-order valence-corrected chi connectivity index (χ3v) is 7.55. The van der Waals surface area contributed by atoms with Gasteiger partial charge in [-0.25, -0.2) is 9.59 Å². The molecule has 2 aromatic carbocycles. The van der Waals surface area contributed by atoms with Crippen molar-refractivity contribution in [2.24, 2.45) is 5.92 Å². The Morgan fingerprint density at radius 2 is 1.77 bits per heavy atom. The number of aliphatic hydroxyl groups is 1. The molecule has 0 spiro atoms. The maximum absolute atomic E-state index is 14.2. The Kier molecular flexibility index (Phi) is 13.3. The van der Waals surface area contributed by atoms with Gasteiger partial charge in [-0.1, -0.05) is 25.1 Å². The summed E-state index contributed by atoms with van der Waals surface area (Å²) in [7, 11) is 1.72. The van der Waals surface area contributed by atoms with Crippen molar-refractivity contribution < 1.29 is 29.0 Å². The molecule has 0 fully saturated rings. The van der Waals surface area contributed by atoms with Gasteiger partial charge in [0, 0.05) is 50.1 Å². The number of ether oxygens (including phenoxy) is 2. The lowest BCUT2D eigenvalue weighted by Gasteiger charge is -2.35. The number of aliphatic hydroxyl groups excluding tert-OH is 1. The van der Waals surface area contributed by atoms with Crippen LogP contribution < -0.4 is 20.7 Å². The van der Waals surface area contributed by atoms with E-state index in [-0.39, 0.29) is 55.3 Å². The van der Waals surface area contributed by atoms with Crippen LogP contribution in [0.5, 0.6) is 5.75 Å². The number of likely N-dealkylation sites (N-methyl/N-ethyl adjacent to an activating group) is 1. The van der Waals surface area contributed by atoms with Crippen molar-refractivity contribution in [2.75, 3.05) is 44.0 Å². The first-order valence-corrected chi connectivity index (χ1v) is 15.5. The van der Waals surface area contributed by atoms with Gasteiger partial charge in [-0.05, 0) is 77.3 Å². The average Bonchev–Trinajstić information content (AvgIpc) is 2.98. The molecule has 242 valence electrons. The van der Waals surface area contributed by atoms with E-state index < -0.39 is 6.04 Å². The number of benzene rings is 2. The summed E-state index contributed by atoms with van der Waals surface area (Å²) in [5, 5.41) is 18.6. The quantitative estimate of drug-likeness (QED) is 0.341. The van der Waals surface area contributed by atoms with E-state index in [0.717, 1.165) is 19.3 Å². The number of anilines is 2. The van der Waals surface area contributed by atoms with E-state index in [0.29, 0.717) is 35.8 Å². The van der Waals surface area contributed by atoms with Crippen molar-refractivity contribution in [1.82, 2.24) is 15.1 Å². The Morgan fingerprint density at radius 3 is 2.45 bits per heavy atom. The summed E-state index contributed by atoms with van der Waals surface area (Å²) in [5.74, 6) is -0.105. The van der Waals surface area contributed by atoms with Gasteiger partial charge in [0.05, 0.1) is 30.4 Å². The number of carbonyl (C=O) groups excluding carboxylic acids is 3. The minimum Gasteiger partial charge on any atom is -0.490 e. The number of rotatable bonds is 7. The molecule has 0 saturated heterocycles.